The van der Waals surface area contributed by atoms with Crippen LogP contribution in [0.4, 0.5) is 13.2 Å². The summed E-state index contributed by atoms with van der Waals surface area (Å²) in [6, 6.07) is 7.01. The van der Waals surface area contributed by atoms with E-state index in [0.717, 1.165) is 5.56 Å². The van der Waals surface area contributed by atoms with Crippen LogP contribution >= 0.6 is 0 Å². The fourth-order valence-electron chi connectivity index (χ4n) is 3.05. The zero-order valence-corrected chi connectivity index (χ0v) is 16.7. The molecule has 0 spiro atoms. The minimum Gasteiger partial charge on any atom is -0.382 e. The molecule has 1 aliphatic rings. The molecule has 1 aromatic rings. The number of halogens is 3. The van der Waals surface area contributed by atoms with Gasteiger partial charge in [-0.15, -0.1) is 6.58 Å². The highest BCUT2D eigenvalue weighted by molar-refractivity contribution is 7.87. The Kier molecular flexibility index (Phi) is 7.81. The topological polar surface area (TPSA) is 61.8 Å². The van der Waals surface area contributed by atoms with Gasteiger partial charge in [0.1, 0.15) is 6.10 Å². The molecule has 2 atom stereocenters. The SMILES string of the molecule is C=CCC1(c2cccc(COCCOC)c2)C=CC=CC1OS(=O)(=O)C(F)(F)F. The molecule has 0 N–H and O–H groups in total. The van der Waals surface area contributed by atoms with E-state index in [1.807, 2.05) is 6.07 Å². The third-order valence-electron chi connectivity index (χ3n) is 4.46. The van der Waals surface area contributed by atoms with Crippen molar-refractivity contribution >= 4 is 10.1 Å². The smallest absolute Gasteiger partial charge is 0.382 e. The van der Waals surface area contributed by atoms with Gasteiger partial charge >= 0.3 is 15.6 Å². The van der Waals surface area contributed by atoms with Gasteiger partial charge in [-0.05, 0) is 17.5 Å². The molecule has 0 bridgehead atoms. The molecular weight excluding hydrogens is 409 g/mol. The molecule has 5 nitrogen and oxygen atoms in total. The van der Waals surface area contributed by atoms with Gasteiger partial charge < -0.3 is 9.47 Å². The lowest BCUT2D eigenvalue weighted by Crippen LogP contribution is -2.43. The van der Waals surface area contributed by atoms with Crippen molar-refractivity contribution in [3.63, 3.8) is 0 Å². The first kappa shape index (κ1) is 23.3. The molecule has 1 aliphatic carbocycles. The van der Waals surface area contributed by atoms with E-state index in [1.165, 1.54) is 18.2 Å². The van der Waals surface area contributed by atoms with E-state index >= 15 is 0 Å². The van der Waals surface area contributed by atoms with Gasteiger partial charge in [-0.25, -0.2) is 0 Å². The molecule has 0 saturated heterocycles. The highest BCUT2D eigenvalue weighted by atomic mass is 32.2. The van der Waals surface area contributed by atoms with E-state index in [2.05, 4.69) is 10.8 Å². The van der Waals surface area contributed by atoms with E-state index in [9.17, 15) is 21.6 Å². The van der Waals surface area contributed by atoms with Crippen molar-refractivity contribution in [2.24, 2.45) is 0 Å². The summed E-state index contributed by atoms with van der Waals surface area (Å²) in [5, 5.41) is 0. The number of benzene rings is 1. The Labute approximate surface area is 168 Å². The Morgan fingerprint density at radius 2 is 2.00 bits per heavy atom. The monoisotopic (exact) mass is 432 g/mol. The van der Waals surface area contributed by atoms with Gasteiger partial charge in [0.2, 0.25) is 0 Å². The van der Waals surface area contributed by atoms with Crippen LogP contribution in [0.15, 0.2) is 61.2 Å². The molecule has 2 rings (SSSR count). The third-order valence-corrected chi connectivity index (χ3v) is 5.49. The number of alkyl halides is 3. The summed E-state index contributed by atoms with van der Waals surface area (Å²) >= 11 is 0. The summed E-state index contributed by atoms with van der Waals surface area (Å²) < 4.78 is 77.0. The Balaban J connectivity index is 2.39. The fraction of sp³-hybridized carbons (Fsp3) is 0.400. The number of methoxy groups -OCH3 is 1. The minimum absolute atomic E-state index is 0.167. The van der Waals surface area contributed by atoms with Gasteiger partial charge in [0, 0.05) is 12.5 Å². The van der Waals surface area contributed by atoms with Crippen LogP contribution in [0, 0.1) is 0 Å². The third kappa shape index (κ3) is 5.57. The second-order valence-electron chi connectivity index (χ2n) is 6.44. The van der Waals surface area contributed by atoms with Crippen molar-refractivity contribution in [1.82, 2.24) is 0 Å². The van der Waals surface area contributed by atoms with E-state index in [1.54, 1.807) is 37.5 Å². The van der Waals surface area contributed by atoms with Crippen LogP contribution in [0.2, 0.25) is 0 Å². The fourth-order valence-corrected chi connectivity index (χ4v) is 3.67. The Hall–Kier alpha value is -1.94. The predicted molar refractivity (Wildman–Crippen MR) is 103 cm³/mol. The van der Waals surface area contributed by atoms with Crippen molar-refractivity contribution in [2.75, 3.05) is 20.3 Å². The number of hydrogen-bond donors (Lipinski definition) is 0. The molecule has 0 aliphatic heterocycles. The number of rotatable bonds is 10. The van der Waals surface area contributed by atoms with E-state index in [-0.39, 0.29) is 13.0 Å². The number of ether oxygens (including phenoxy) is 2. The van der Waals surface area contributed by atoms with Crippen LogP contribution in [0.1, 0.15) is 17.5 Å². The van der Waals surface area contributed by atoms with Crippen LogP contribution in [-0.2, 0) is 35.8 Å². The second kappa shape index (κ2) is 9.71. The zero-order chi connectivity index (χ0) is 21.5. The lowest BCUT2D eigenvalue weighted by Gasteiger charge is -2.38. The van der Waals surface area contributed by atoms with Crippen molar-refractivity contribution in [2.45, 2.75) is 30.1 Å². The first-order valence-corrected chi connectivity index (χ1v) is 10.2. The first-order valence-electron chi connectivity index (χ1n) is 8.79. The van der Waals surface area contributed by atoms with Crippen LogP contribution in [-0.4, -0.2) is 40.4 Å². The van der Waals surface area contributed by atoms with Crippen molar-refractivity contribution in [3.8, 4) is 0 Å². The highest BCUT2D eigenvalue weighted by Crippen LogP contribution is 2.41. The molecule has 9 heteroatoms. The lowest BCUT2D eigenvalue weighted by atomic mass is 9.71. The molecule has 29 heavy (non-hydrogen) atoms. The zero-order valence-electron chi connectivity index (χ0n) is 15.9. The van der Waals surface area contributed by atoms with E-state index in [0.29, 0.717) is 18.8 Å². The van der Waals surface area contributed by atoms with Gasteiger partial charge in [0.15, 0.2) is 0 Å². The summed E-state index contributed by atoms with van der Waals surface area (Å²) in [6.45, 7) is 4.76. The summed E-state index contributed by atoms with van der Waals surface area (Å²) in [6.07, 6.45) is 6.33. The molecule has 0 heterocycles. The van der Waals surface area contributed by atoms with Crippen molar-refractivity contribution in [1.29, 1.82) is 0 Å². The number of allylic oxidation sites excluding steroid dienone is 3. The maximum Gasteiger partial charge on any atom is 0.523 e. The Bertz CT molecular complexity index is 861. The highest BCUT2D eigenvalue weighted by Gasteiger charge is 2.51. The largest absolute Gasteiger partial charge is 0.523 e. The summed E-state index contributed by atoms with van der Waals surface area (Å²) in [5.41, 5.74) is -5.31. The molecule has 0 saturated carbocycles. The van der Waals surface area contributed by atoms with Gasteiger partial charge in [0.05, 0.1) is 19.8 Å². The molecule has 0 amide bonds. The van der Waals surface area contributed by atoms with Crippen LogP contribution < -0.4 is 0 Å². The molecule has 0 aromatic heterocycles. The van der Waals surface area contributed by atoms with Crippen LogP contribution in [0.3, 0.4) is 0 Å². The van der Waals surface area contributed by atoms with Crippen LogP contribution in [0.25, 0.3) is 0 Å². The van der Waals surface area contributed by atoms with Gasteiger partial charge in [-0.2, -0.15) is 21.6 Å². The molecule has 2 unspecified atom stereocenters. The predicted octanol–water partition coefficient (Wildman–Crippen LogP) is 4.02. The Morgan fingerprint density at radius 1 is 1.24 bits per heavy atom. The average Bonchev–Trinajstić information content (AvgIpc) is 2.66. The molecule has 1 aromatic carbocycles. The molecule has 160 valence electrons. The Morgan fingerprint density at radius 3 is 2.66 bits per heavy atom. The first-order chi connectivity index (χ1) is 13.7. The van der Waals surface area contributed by atoms with E-state index < -0.39 is 27.1 Å². The van der Waals surface area contributed by atoms with Crippen LogP contribution in [0.5, 0.6) is 0 Å². The molecular formula is C20H23F3O5S. The van der Waals surface area contributed by atoms with Gasteiger partial charge in [-0.3, -0.25) is 4.18 Å². The lowest BCUT2D eigenvalue weighted by molar-refractivity contribution is -0.0576. The minimum atomic E-state index is -5.78. The van der Waals surface area contributed by atoms with Crippen molar-refractivity contribution < 1.29 is 35.2 Å². The molecule has 0 radical (unpaired) electrons. The second-order valence-corrected chi connectivity index (χ2v) is 8.00. The maximum atomic E-state index is 12.9. The van der Waals surface area contributed by atoms with E-state index in [4.69, 9.17) is 9.47 Å². The quantitative estimate of drug-likeness (QED) is 0.242. The summed E-state index contributed by atoms with van der Waals surface area (Å²) in [7, 11) is -4.23. The number of hydrogen-bond acceptors (Lipinski definition) is 5. The standard InChI is InChI=1S/C20H23F3O5S/c1-3-10-19(17-8-6-7-16(14-17)15-27-13-12-26-2)11-5-4-9-18(19)28-29(24,25)20(21,22)23/h3-9,11,14,18H,1,10,12-13,15H2,2H3. The normalized spacial score (nSPS) is 22.0. The summed E-state index contributed by atoms with van der Waals surface area (Å²) in [4.78, 5) is 0. The summed E-state index contributed by atoms with van der Waals surface area (Å²) in [5.74, 6) is 0. The van der Waals surface area contributed by atoms with Gasteiger partial charge in [0.25, 0.3) is 0 Å². The average molecular weight is 432 g/mol. The van der Waals surface area contributed by atoms with Gasteiger partial charge in [-0.1, -0.05) is 54.6 Å². The van der Waals surface area contributed by atoms with Crippen molar-refractivity contribution in [3.05, 3.63) is 72.4 Å². The molecule has 0 fully saturated rings. The maximum absolute atomic E-state index is 12.9.